The Morgan fingerprint density at radius 1 is 1.23 bits per heavy atom. The quantitative estimate of drug-likeness (QED) is 0.688. The molecular weight excluding hydrogens is 166 g/mol. The lowest BCUT2D eigenvalue weighted by Crippen LogP contribution is -2.17. The highest BCUT2D eigenvalue weighted by molar-refractivity contribution is 5.15. The van der Waals surface area contributed by atoms with E-state index in [0.29, 0.717) is 0 Å². The minimum absolute atomic E-state index is 0.266. The number of benzene rings is 1. The summed E-state index contributed by atoms with van der Waals surface area (Å²) in [7, 11) is 0. The van der Waals surface area contributed by atoms with Gasteiger partial charge in [-0.2, -0.15) is 0 Å². The summed E-state index contributed by atoms with van der Waals surface area (Å²) in [6.45, 7) is 0.771. The van der Waals surface area contributed by atoms with Crippen molar-refractivity contribution in [2.75, 3.05) is 6.79 Å². The summed E-state index contributed by atoms with van der Waals surface area (Å²) >= 11 is 0. The van der Waals surface area contributed by atoms with Crippen molar-refractivity contribution in [1.82, 2.24) is 0 Å². The van der Waals surface area contributed by atoms with Crippen LogP contribution in [0.1, 0.15) is 12.5 Å². The summed E-state index contributed by atoms with van der Waals surface area (Å²) in [6, 6.07) is 10.6. The number of rotatable bonds is 2. The molecule has 3 nitrogen and oxygen atoms in total. The van der Waals surface area contributed by atoms with Crippen LogP contribution in [0.25, 0.3) is 0 Å². The van der Waals surface area contributed by atoms with Crippen LogP contribution in [-0.4, -0.2) is 12.8 Å². The Bertz CT molecular complexity index is 199. The highest BCUT2D eigenvalue weighted by Crippen LogP contribution is 2.00. The van der Waals surface area contributed by atoms with E-state index in [0.717, 1.165) is 6.42 Å². The fraction of sp³-hybridized carbons (Fsp3) is 0.400. The summed E-state index contributed by atoms with van der Waals surface area (Å²) in [5.74, 6) is 0. The molecule has 1 atom stereocenters. The third kappa shape index (κ3) is 7.46. The Kier molecular flexibility index (Phi) is 7.20. The third-order valence-electron chi connectivity index (χ3n) is 1.40. The standard InChI is InChI=1S/C9H13N.CH2O2/c1-8(10)7-9-5-3-2-4-6-9;2-1-3/h2-6,8H,7,10H2,1H3;1H2. The van der Waals surface area contributed by atoms with E-state index in [1.807, 2.05) is 25.1 Å². The summed E-state index contributed by atoms with van der Waals surface area (Å²) < 4.78 is 0. The Morgan fingerprint density at radius 2 is 1.69 bits per heavy atom. The first-order chi connectivity index (χ1) is 6.20. The first kappa shape index (κ1) is 12.1. The van der Waals surface area contributed by atoms with Gasteiger partial charge < -0.3 is 5.73 Å². The predicted molar refractivity (Wildman–Crippen MR) is 50.0 cm³/mol. The van der Waals surface area contributed by atoms with Crippen LogP contribution < -0.4 is 5.73 Å². The van der Waals surface area contributed by atoms with Crippen molar-refractivity contribution in [3.05, 3.63) is 35.9 Å². The van der Waals surface area contributed by atoms with Crippen molar-refractivity contribution in [2.24, 2.45) is 5.73 Å². The summed E-state index contributed by atoms with van der Waals surface area (Å²) in [4.78, 5) is 0. The van der Waals surface area contributed by atoms with Gasteiger partial charge in [0.15, 0.2) is 0 Å². The van der Waals surface area contributed by atoms with E-state index in [9.17, 15) is 0 Å². The molecule has 1 unspecified atom stereocenters. The Balaban J connectivity index is 0.000000424. The van der Waals surface area contributed by atoms with Crippen molar-refractivity contribution in [2.45, 2.75) is 19.4 Å². The molecule has 0 heterocycles. The molecule has 0 saturated carbocycles. The molecule has 2 radical (unpaired) electrons. The monoisotopic (exact) mass is 181 g/mol. The Morgan fingerprint density at radius 3 is 2.08 bits per heavy atom. The first-order valence-corrected chi connectivity index (χ1v) is 4.16. The smallest absolute Gasteiger partial charge is 0.214 e. The molecule has 72 valence electrons. The van der Waals surface area contributed by atoms with E-state index in [1.165, 1.54) is 5.56 Å². The van der Waals surface area contributed by atoms with Crippen LogP contribution in [0.3, 0.4) is 0 Å². The molecule has 0 aliphatic rings. The van der Waals surface area contributed by atoms with E-state index in [1.54, 1.807) is 0 Å². The molecule has 0 bridgehead atoms. The zero-order valence-corrected chi connectivity index (χ0v) is 7.77. The molecule has 1 aromatic rings. The number of hydrogen-bond acceptors (Lipinski definition) is 1. The average Bonchev–Trinajstić information content (AvgIpc) is 2.06. The number of hydrogen-bond donors (Lipinski definition) is 1. The van der Waals surface area contributed by atoms with Gasteiger partial charge in [0, 0.05) is 6.04 Å². The molecule has 13 heavy (non-hydrogen) atoms. The van der Waals surface area contributed by atoms with Gasteiger partial charge in [-0.3, -0.25) is 0 Å². The molecule has 0 aliphatic carbocycles. The van der Waals surface area contributed by atoms with Gasteiger partial charge in [0.2, 0.25) is 6.79 Å². The lowest BCUT2D eigenvalue weighted by Gasteiger charge is -2.02. The number of nitrogens with two attached hydrogens (primary N) is 1. The van der Waals surface area contributed by atoms with Gasteiger partial charge in [0.25, 0.3) is 0 Å². The van der Waals surface area contributed by atoms with E-state index < -0.39 is 6.79 Å². The van der Waals surface area contributed by atoms with Crippen LogP contribution in [0.15, 0.2) is 30.3 Å². The second-order valence-electron chi connectivity index (χ2n) is 2.78. The Hall–Kier alpha value is -0.900. The molecule has 1 aromatic carbocycles. The summed E-state index contributed by atoms with van der Waals surface area (Å²) in [5, 5.41) is 16.8. The van der Waals surface area contributed by atoms with E-state index in [-0.39, 0.29) is 6.04 Å². The van der Waals surface area contributed by atoms with Crippen LogP contribution in [-0.2, 0) is 16.6 Å². The van der Waals surface area contributed by atoms with Gasteiger partial charge >= 0.3 is 0 Å². The van der Waals surface area contributed by atoms with Crippen LogP contribution in [0.5, 0.6) is 0 Å². The predicted octanol–water partition coefficient (Wildman–Crippen LogP) is 1.38. The van der Waals surface area contributed by atoms with Gasteiger partial charge in [-0.05, 0) is 18.9 Å². The van der Waals surface area contributed by atoms with Crippen molar-refractivity contribution in [1.29, 1.82) is 0 Å². The zero-order chi connectivity index (χ0) is 10.1. The molecule has 3 heteroatoms. The molecule has 0 fully saturated rings. The Labute approximate surface area is 78.8 Å². The van der Waals surface area contributed by atoms with Gasteiger partial charge in [-0.1, -0.05) is 30.3 Å². The largest absolute Gasteiger partial charge is 0.328 e. The molecule has 2 N–H and O–H groups in total. The second-order valence-corrected chi connectivity index (χ2v) is 2.78. The molecule has 0 saturated heterocycles. The molecule has 0 aromatic heterocycles. The fourth-order valence-corrected chi connectivity index (χ4v) is 0.986. The van der Waals surface area contributed by atoms with Crippen molar-refractivity contribution in [3.8, 4) is 0 Å². The van der Waals surface area contributed by atoms with E-state index in [4.69, 9.17) is 15.9 Å². The lowest BCUT2D eigenvalue weighted by molar-refractivity contribution is -0.0309. The van der Waals surface area contributed by atoms with Crippen LogP contribution in [0, 0.1) is 0 Å². The zero-order valence-electron chi connectivity index (χ0n) is 7.77. The minimum atomic E-state index is -1.25. The lowest BCUT2D eigenvalue weighted by atomic mass is 10.1. The van der Waals surface area contributed by atoms with Gasteiger partial charge in [-0.25, -0.2) is 10.2 Å². The molecule has 1 rings (SSSR count). The minimum Gasteiger partial charge on any atom is -0.328 e. The maximum absolute atomic E-state index is 8.38. The van der Waals surface area contributed by atoms with Crippen molar-refractivity contribution in [3.63, 3.8) is 0 Å². The summed E-state index contributed by atoms with van der Waals surface area (Å²) in [5.41, 5.74) is 6.94. The fourth-order valence-electron chi connectivity index (χ4n) is 0.986. The van der Waals surface area contributed by atoms with Crippen LogP contribution in [0.4, 0.5) is 0 Å². The summed E-state index contributed by atoms with van der Waals surface area (Å²) in [6.07, 6.45) is 0.973. The molecule has 0 spiro atoms. The molecular formula is C10H15NO2. The van der Waals surface area contributed by atoms with E-state index in [2.05, 4.69) is 12.1 Å². The molecule has 0 aliphatic heterocycles. The maximum atomic E-state index is 8.38. The van der Waals surface area contributed by atoms with Crippen molar-refractivity contribution < 1.29 is 10.2 Å². The highest BCUT2D eigenvalue weighted by Gasteiger charge is 1.94. The maximum Gasteiger partial charge on any atom is 0.214 e. The first-order valence-electron chi connectivity index (χ1n) is 4.16. The van der Waals surface area contributed by atoms with Crippen molar-refractivity contribution >= 4 is 0 Å². The SMILES string of the molecule is CC(N)Cc1ccccc1.[O]C[O]. The second kappa shape index (κ2) is 7.73. The van der Waals surface area contributed by atoms with Crippen LogP contribution >= 0.6 is 0 Å². The highest BCUT2D eigenvalue weighted by atomic mass is 16.5. The van der Waals surface area contributed by atoms with Crippen LogP contribution in [0.2, 0.25) is 0 Å². The van der Waals surface area contributed by atoms with E-state index >= 15 is 0 Å². The topological polar surface area (TPSA) is 65.8 Å². The van der Waals surface area contributed by atoms with Gasteiger partial charge in [0.05, 0.1) is 0 Å². The average molecular weight is 181 g/mol. The van der Waals surface area contributed by atoms with Gasteiger partial charge in [0.1, 0.15) is 0 Å². The third-order valence-corrected chi connectivity index (χ3v) is 1.40. The molecule has 0 amide bonds. The van der Waals surface area contributed by atoms with Gasteiger partial charge in [-0.15, -0.1) is 0 Å². The normalized spacial score (nSPS) is 11.4.